The standard InChI is InChI=1S/C10H10BClN2O2/c1-7-5-13-14(6-7)8-2-3-9(11(15)16)10(12)4-8/h2-6,15-16H,1H3. The summed E-state index contributed by atoms with van der Waals surface area (Å²) < 4.78 is 1.68. The van der Waals surface area contributed by atoms with E-state index in [4.69, 9.17) is 21.6 Å². The Kier molecular flexibility index (Phi) is 3.00. The van der Waals surface area contributed by atoms with Gasteiger partial charge < -0.3 is 10.0 Å². The predicted octanol–water partition coefficient (Wildman–Crippen LogP) is 0.514. The van der Waals surface area contributed by atoms with Crippen LogP contribution in [0.2, 0.25) is 5.02 Å². The molecule has 0 bridgehead atoms. The largest absolute Gasteiger partial charge is 0.489 e. The third kappa shape index (κ3) is 2.11. The fourth-order valence-corrected chi connectivity index (χ4v) is 1.69. The quantitative estimate of drug-likeness (QED) is 0.747. The molecule has 0 spiro atoms. The van der Waals surface area contributed by atoms with Crippen LogP contribution < -0.4 is 5.46 Å². The molecule has 0 saturated carbocycles. The van der Waals surface area contributed by atoms with E-state index in [-0.39, 0.29) is 5.46 Å². The summed E-state index contributed by atoms with van der Waals surface area (Å²) in [4.78, 5) is 0. The molecule has 16 heavy (non-hydrogen) atoms. The molecule has 0 amide bonds. The summed E-state index contributed by atoms with van der Waals surface area (Å²) in [6, 6.07) is 4.94. The molecule has 0 atom stereocenters. The average molecular weight is 236 g/mol. The van der Waals surface area contributed by atoms with Gasteiger partial charge in [0.05, 0.1) is 11.9 Å². The SMILES string of the molecule is Cc1cnn(-c2ccc(B(O)O)c(Cl)c2)c1. The van der Waals surface area contributed by atoms with Crippen molar-refractivity contribution >= 4 is 24.2 Å². The van der Waals surface area contributed by atoms with Crippen molar-refractivity contribution in [1.82, 2.24) is 9.78 Å². The van der Waals surface area contributed by atoms with Crippen LogP contribution in [0, 0.1) is 6.92 Å². The number of halogens is 1. The van der Waals surface area contributed by atoms with Crippen LogP contribution in [0.1, 0.15) is 5.56 Å². The summed E-state index contributed by atoms with van der Waals surface area (Å²) in [5.74, 6) is 0. The number of hydrogen-bond acceptors (Lipinski definition) is 3. The zero-order valence-corrected chi connectivity index (χ0v) is 9.39. The van der Waals surface area contributed by atoms with Gasteiger partial charge in [-0.15, -0.1) is 0 Å². The van der Waals surface area contributed by atoms with E-state index < -0.39 is 7.12 Å². The van der Waals surface area contributed by atoms with Gasteiger partial charge in [-0.25, -0.2) is 4.68 Å². The third-order valence-electron chi connectivity index (χ3n) is 2.24. The summed E-state index contributed by atoms with van der Waals surface area (Å²) >= 11 is 5.92. The number of rotatable bonds is 2. The lowest BCUT2D eigenvalue weighted by Gasteiger charge is -2.06. The number of hydrogen-bond donors (Lipinski definition) is 2. The first-order valence-corrected chi connectivity index (χ1v) is 5.13. The topological polar surface area (TPSA) is 58.3 Å². The Balaban J connectivity index is 2.42. The van der Waals surface area contributed by atoms with E-state index in [0.29, 0.717) is 5.02 Å². The summed E-state index contributed by atoms with van der Waals surface area (Å²) in [7, 11) is -1.55. The second kappa shape index (κ2) is 4.29. The Morgan fingerprint density at radius 3 is 2.62 bits per heavy atom. The molecule has 82 valence electrons. The van der Waals surface area contributed by atoms with E-state index in [1.165, 1.54) is 0 Å². The maximum absolute atomic E-state index is 9.02. The minimum atomic E-state index is -1.55. The minimum absolute atomic E-state index is 0.286. The molecule has 2 aromatic rings. The lowest BCUT2D eigenvalue weighted by molar-refractivity contribution is 0.426. The van der Waals surface area contributed by atoms with Crippen LogP contribution in [0.25, 0.3) is 5.69 Å². The van der Waals surface area contributed by atoms with Gasteiger partial charge in [0.2, 0.25) is 0 Å². The Morgan fingerprint density at radius 1 is 1.38 bits per heavy atom. The highest BCUT2D eigenvalue weighted by atomic mass is 35.5. The molecule has 0 aliphatic rings. The van der Waals surface area contributed by atoms with E-state index in [1.807, 2.05) is 13.1 Å². The van der Waals surface area contributed by atoms with E-state index in [2.05, 4.69) is 5.10 Å². The van der Waals surface area contributed by atoms with Gasteiger partial charge in [-0.3, -0.25) is 0 Å². The van der Waals surface area contributed by atoms with Crippen molar-refractivity contribution in [3.63, 3.8) is 0 Å². The fourth-order valence-electron chi connectivity index (χ4n) is 1.42. The number of aromatic nitrogens is 2. The summed E-state index contributed by atoms with van der Waals surface area (Å²) in [5, 5.41) is 22.5. The van der Waals surface area contributed by atoms with Crippen molar-refractivity contribution in [3.8, 4) is 5.69 Å². The van der Waals surface area contributed by atoms with Gasteiger partial charge >= 0.3 is 7.12 Å². The van der Waals surface area contributed by atoms with Crippen molar-refractivity contribution in [2.45, 2.75) is 6.92 Å². The maximum atomic E-state index is 9.02. The predicted molar refractivity (Wildman–Crippen MR) is 63.1 cm³/mol. The molecule has 0 fully saturated rings. The van der Waals surface area contributed by atoms with Gasteiger partial charge in [-0.1, -0.05) is 17.7 Å². The molecule has 0 unspecified atom stereocenters. The maximum Gasteiger partial charge on any atom is 0.489 e. The van der Waals surface area contributed by atoms with Gasteiger partial charge in [0, 0.05) is 16.7 Å². The first-order chi connectivity index (χ1) is 7.58. The normalized spacial score (nSPS) is 10.5. The molecule has 1 aromatic carbocycles. The average Bonchev–Trinajstić information content (AvgIpc) is 2.64. The van der Waals surface area contributed by atoms with E-state index >= 15 is 0 Å². The Hall–Kier alpha value is -1.30. The molecule has 0 saturated heterocycles. The zero-order chi connectivity index (χ0) is 11.7. The van der Waals surface area contributed by atoms with Gasteiger partial charge in [0.1, 0.15) is 0 Å². The van der Waals surface area contributed by atoms with Crippen LogP contribution in [-0.4, -0.2) is 26.9 Å². The van der Waals surface area contributed by atoms with Gasteiger partial charge in [0.15, 0.2) is 0 Å². The molecule has 0 aliphatic carbocycles. The van der Waals surface area contributed by atoms with Gasteiger partial charge in [-0.2, -0.15) is 5.10 Å². The molecular weight excluding hydrogens is 226 g/mol. The first kappa shape index (κ1) is 11.2. The van der Waals surface area contributed by atoms with Crippen LogP contribution in [0.5, 0.6) is 0 Å². The van der Waals surface area contributed by atoms with Crippen LogP contribution in [0.4, 0.5) is 0 Å². The molecule has 2 N–H and O–H groups in total. The lowest BCUT2D eigenvalue weighted by Crippen LogP contribution is -2.30. The molecule has 4 nitrogen and oxygen atoms in total. The highest BCUT2D eigenvalue weighted by molar-refractivity contribution is 6.62. The van der Waals surface area contributed by atoms with Crippen molar-refractivity contribution in [1.29, 1.82) is 0 Å². The van der Waals surface area contributed by atoms with E-state index in [1.54, 1.807) is 29.1 Å². The Morgan fingerprint density at radius 2 is 2.12 bits per heavy atom. The van der Waals surface area contributed by atoms with Crippen LogP contribution in [-0.2, 0) is 0 Å². The monoisotopic (exact) mass is 236 g/mol. The second-order valence-corrected chi connectivity index (χ2v) is 3.95. The number of aryl methyl sites for hydroxylation is 1. The van der Waals surface area contributed by atoms with Crippen molar-refractivity contribution in [3.05, 3.63) is 41.2 Å². The van der Waals surface area contributed by atoms with Crippen LogP contribution in [0.15, 0.2) is 30.6 Å². The van der Waals surface area contributed by atoms with Gasteiger partial charge in [-0.05, 0) is 24.6 Å². The van der Waals surface area contributed by atoms with E-state index in [0.717, 1.165) is 11.3 Å². The second-order valence-electron chi connectivity index (χ2n) is 3.54. The molecule has 1 aromatic heterocycles. The number of nitrogens with zero attached hydrogens (tertiary/aromatic N) is 2. The third-order valence-corrected chi connectivity index (χ3v) is 2.57. The molecule has 2 rings (SSSR count). The van der Waals surface area contributed by atoms with Crippen LogP contribution in [0.3, 0.4) is 0 Å². The van der Waals surface area contributed by atoms with Crippen molar-refractivity contribution < 1.29 is 10.0 Å². The molecule has 6 heteroatoms. The molecular formula is C10H10BClN2O2. The molecule has 0 radical (unpaired) electrons. The first-order valence-electron chi connectivity index (χ1n) is 4.75. The summed E-state index contributed by atoms with van der Waals surface area (Å²) in [6.45, 7) is 1.94. The highest BCUT2D eigenvalue weighted by Crippen LogP contribution is 2.13. The van der Waals surface area contributed by atoms with E-state index in [9.17, 15) is 0 Å². The molecule has 1 heterocycles. The lowest BCUT2D eigenvalue weighted by atomic mass is 9.80. The van der Waals surface area contributed by atoms with Crippen molar-refractivity contribution in [2.75, 3.05) is 0 Å². The number of benzene rings is 1. The zero-order valence-electron chi connectivity index (χ0n) is 8.63. The molecule has 0 aliphatic heterocycles. The minimum Gasteiger partial charge on any atom is -0.423 e. The van der Waals surface area contributed by atoms with Crippen molar-refractivity contribution in [2.24, 2.45) is 0 Å². The highest BCUT2D eigenvalue weighted by Gasteiger charge is 2.15. The Bertz CT molecular complexity index is 513. The fraction of sp³-hybridized carbons (Fsp3) is 0.100. The smallest absolute Gasteiger partial charge is 0.423 e. The summed E-state index contributed by atoms with van der Waals surface area (Å²) in [5.41, 5.74) is 2.11. The van der Waals surface area contributed by atoms with Gasteiger partial charge in [0.25, 0.3) is 0 Å². The van der Waals surface area contributed by atoms with Crippen LogP contribution >= 0.6 is 11.6 Å². The Labute approximate surface area is 98.2 Å². The summed E-state index contributed by atoms with van der Waals surface area (Å²) in [6.07, 6.45) is 3.60.